The van der Waals surface area contributed by atoms with E-state index in [2.05, 4.69) is 10.4 Å². The average Bonchev–Trinajstić information content (AvgIpc) is 3.25. The quantitative estimate of drug-likeness (QED) is 0.789. The number of carbonyl (C=O) groups is 1. The first-order valence-electron chi connectivity index (χ1n) is 8.76. The Bertz CT molecular complexity index is 884. The van der Waals surface area contributed by atoms with Crippen LogP contribution < -0.4 is 5.32 Å². The highest BCUT2D eigenvalue weighted by Crippen LogP contribution is 2.28. The molecule has 1 aromatic heterocycles. The number of benzene rings is 2. The van der Waals surface area contributed by atoms with E-state index >= 15 is 0 Å². The molecular formula is C21H21N3O. The minimum Gasteiger partial charge on any atom is -0.344 e. The van der Waals surface area contributed by atoms with Crippen LogP contribution in [0.3, 0.4) is 0 Å². The summed E-state index contributed by atoms with van der Waals surface area (Å²) in [5, 5.41) is 7.75. The molecule has 0 saturated carbocycles. The Labute approximate surface area is 147 Å². The Balaban J connectivity index is 1.64. The Morgan fingerprint density at radius 2 is 1.72 bits per heavy atom. The van der Waals surface area contributed by atoms with Crippen LogP contribution in [-0.2, 0) is 12.8 Å². The Kier molecular flexibility index (Phi) is 4.10. The van der Waals surface area contributed by atoms with Gasteiger partial charge in [0.2, 0.25) is 0 Å². The summed E-state index contributed by atoms with van der Waals surface area (Å²) in [6.45, 7) is 2.00. The number of nitrogens with zero attached hydrogens (tertiary/aromatic N) is 2. The molecule has 1 aliphatic carbocycles. The van der Waals surface area contributed by atoms with Gasteiger partial charge in [0.25, 0.3) is 5.91 Å². The summed E-state index contributed by atoms with van der Waals surface area (Å²) < 4.78 is 1.93. The fourth-order valence-electron chi connectivity index (χ4n) is 3.49. The summed E-state index contributed by atoms with van der Waals surface area (Å²) in [5.41, 5.74) is 4.94. The third kappa shape index (κ3) is 2.95. The first-order valence-corrected chi connectivity index (χ1v) is 8.76. The van der Waals surface area contributed by atoms with Gasteiger partial charge in [-0.15, -0.1) is 0 Å². The molecule has 0 spiro atoms. The first-order chi connectivity index (χ1) is 12.2. The zero-order valence-electron chi connectivity index (χ0n) is 14.3. The molecule has 1 atom stereocenters. The van der Waals surface area contributed by atoms with Gasteiger partial charge in [-0.3, -0.25) is 4.79 Å². The van der Waals surface area contributed by atoms with Crippen LogP contribution in [0.2, 0.25) is 0 Å². The topological polar surface area (TPSA) is 46.9 Å². The summed E-state index contributed by atoms with van der Waals surface area (Å²) in [4.78, 5) is 12.8. The van der Waals surface area contributed by atoms with Crippen LogP contribution in [0.1, 0.15) is 46.7 Å². The lowest BCUT2D eigenvalue weighted by Gasteiger charge is -2.13. The average molecular weight is 331 g/mol. The molecule has 1 aliphatic rings. The number of para-hydroxylation sites is 1. The highest BCUT2D eigenvalue weighted by atomic mass is 16.2. The van der Waals surface area contributed by atoms with Crippen LogP contribution in [0, 0.1) is 0 Å². The van der Waals surface area contributed by atoms with Crippen molar-refractivity contribution in [3.05, 3.63) is 83.2 Å². The number of rotatable bonds is 4. The predicted molar refractivity (Wildman–Crippen MR) is 97.9 cm³/mol. The van der Waals surface area contributed by atoms with Gasteiger partial charge in [0, 0.05) is 11.3 Å². The van der Waals surface area contributed by atoms with E-state index in [1.54, 1.807) is 0 Å². The molecule has 0 bridgehead atoms. The van der Waals surface area contributed by atoms with E-state index in [-0.39, 0.29) is 11.9 Å². The molecule has 3 aromatic rings. The van der Waals surface area contributed by atoms with Crippen molar-refractivity contribution in [2.75, 3.05) is 0 Å². The largest absolute Gasteiger partial charge is 0.344 e. The third-order valence-corrected chi connectivity index (χ3v) is 4.79. The van der Waals surface area contributed by atoms with Crippen LogP contribution in [-0.4, -0.2) is 15.7 Å². The number of fused-ring (bicyclic) bond motifs is 1. The van der Waals surface area contributed by atoms with Gasteiger partial charge in [-0.1, -0.05) is 48.5 Å². The minimum absolute atomic E-state index is 0.0485. The molecule has 4 heteroatoms. The molecule has 0 saturated heterocycles. The summed E-state index contributed by atoms with van der Waals surface area (Å²) in [7, 11) is 0. The van der Waals surface area contributed by atoms with E-state index in [1.165, 1.54) is 5.69 Å². The molecule has 2 aromatic carbocycles. The molecule has 1 amide bonds. The summed E-state index contributed by atoms with van der Waals surface area (Å²) in [5.74, 6) is -0.0933. The van der Waals surface area contributed by atoms with Gasteiger partial charge >= 0.3 is 0 Å². The van der Waals surface area contributed by atoms with E-state index < -0.39 is 0 Å². The van der Waals surface area contributed by atoms with Crippen molar-refractivity contribution in [1.82, 2.24) is 15.1 Å². The molecule has 0 aliphatic heterocycles. The van der Waals surface area contributed by atoms with Crippen LogP contribution >= 0.6 is 0 Å². The Morgan fingerprint density at radius 3 is 2.44 bits per heavy atom. The highest BCUT2D eigenvalue weighted by Gasteiger charge is 2.27. The fraction of sp³-hybridized carbons (Fsp3) is 0.238. The number of nitrogens with one attached hydrogen (secondary N) is 1. The second kappa shape index (κ2) is 6.55. The van der Waals surface area contributed by atoms with E-state index in [0.717, 1.165) is 36.1 Å². The van der Waals surface area contributed by atoms with Crippen molar-refractivity contribution in [3.8, 4) is 5.69 Å². The van der Waals surface area contributed by atoms with Gasteiger partial charge in [-0.2, -0.15) is 5.10 Å². The van der Waals surface area contributed by atoms with Gasteiger partial charge in [0.1, 0.15) is 0 Å². The molecule has 0 radical (unpaired) electrons. The zero-order valence-corrected chi connectivity index (χ0v) is 14.3. The first kappa shape index (κ1) is 15.6. The number of hydrogen-bond acceptors (Lipinski definition) is 2. The van der Waals surface area contributed by atoms with Gasteiger partial charge in [-0.25, -0.2) is 4.68 Å². The lowest BCUT2D eigenvalue weighted by Crippen LogP contribution is -2.27. The maximum absolute atomic E-state index is 12.8. The third-order valence-electron chi connectivity index (χ3n) is 4.79. The van der Waals surface area contributed by atoms with Crippen molar-refractivity contribution in [2.45, 2.75) is 32.2 Å². The summed E-state index contributed by atoms with van der Waals surface area (Å²) in [6.07, 6.45) is 2.97. The Hall–Kier alpha value is -2.88. The molecule has 4 nitrogen and oxygen atoms in total. The smallest absolute Gasteiger partial charge is 0.272 e. The molecule has 0 fully saturated rings. The van der Waals surface area contributed by atoms with Crippen LogP contribution in [0.4, 0.5) is 0 Å². The fourth-order valence-corrected chi connectivity index (χ4v) is 3.49. The summed E-state index contributed by atoms with van der Waals surface area (Å²) >= 11 is 0. The van der Waals surface area contributed by atoms with Gasteiger partial charge in [0.15, 0.2) is 5.69 Å². The van der Waals surface area contributed by atoms with Gasteiger partial charge in [0.05, 0.1) is 11.7 Å². The van der Waals surface area contributed by atoms with Crippen molar-refractivity contribution < 1.29 is 4.79 Å². The maximum atomic E-state index is 12.8. The number of hydrogen-bond donors (Lipinski definition) is 1. The zero-order chi connectivity index (χ0) is 17.2. The lowest BCUT2D eigenvalue weighted by molar-refractivity contribution is 0.0933. The second-order valence-corrected chi connectivity index (χ2v) is 6.48. The number of aromatic nitrogens is 2. The lowest BCUT2D eigenvalue weighted by atomic mass is 10.1. The molecule has 1 N–H and O–H groups in total. The monoisotopic (exact) mass is 331 g/mol. The predicted octanol–water partition coefficient (Wildman–Crippen LogP) is 3.85. The number of carbonyl (C=O) groups excluding carboxylic acids is 1. The van der Waals surface area contributed by atoms with Crippen LogP contribution in [0.25, 0.3) is 5.69 Å². The standard InChI is InChI=1S/C21H21N3O/c1-15(16-9-4-2-5-10-16)22-21(25)20-18-13-8-14-19(18)24(23-20)17-11-6-3-7-12-17/h2-7,9-12,15H,8,13-14H2,1H3,(H,22,25). The molecule has 1 heterocycles. The van der Waals surface area contributed by atoms with Gasteiger partial charge < -0.3 is 5.32 Å². The van der Waals surface area contributed by atoms with E-state index in [0.29, 0.717) is 5.69 Å². The van der Waals surface area contributed by atoms with Crippen molar-refractivity contribution in [2.24, 2.45) is 0 Å². The normalized spacial score (nSPS) is 14.1. The number of amides is 1. The molecule has 25 heavy (non-hydrogen) atoms. The molecule has 1 unspecified atom stereocenters. The van der Waals surface area contributed by atoms with Crippen molar-refractivity contribution in [3.63, 3.8) is 0 Å². The highest BCUT2D eigenvalue weighted by molar-refractivity contribution is 5.94. The van der Waals surface area contributed by atoms with E-state index in [4.69, 9.17) is 0 Å². The summed E-state index contributed by atoms with van der Waals surface area (Å²) in [6, 6.07) is 20.0. The van der Waals surface area contributed by atoms with E-state index in [9.17, 15) is 4.79 Å². The van der Waals surface area contributed by atoms with Crippen molar-refractivity contribution in [1.29, 1.82) is 0 Å². The van der Waals surface area contributed by atoms with Crippen LogP contribution in [0.15, 0.2) is 60.7 Å². The second-order valence-electron chi connectivity index (χ2n) is 6.48. The SMILES string of the molecule is CC(NC(=O)c1nn(-c2ccccc2)c2c1CCC2)c1ccccc1. The molecule has 126 valence electrons. The van der Waals surface area contributed by atoms with E-state index in [1.807, 2.05) is 72.3 Å². The van der Waals surface area contributed by atoms with Gasteiger partial charge in [-0.05, 0) is 43.9 Å². The Morgan fingerprint density at radius 1 is 1.04 bits per heavy atom. The minimum atomic E-state index is -0.0933. The van der Waals surface area contributed by atoms with Crippen LogP contribution in [0.5, 0.6) is 0 Å². The van der Waals surface area contributed by atoms with Crippen molar-refractivity contribution >= 4 is 5.91 Å². The molecule has 4 rings (SSSR count). The molecular weight excluding hydrogens is 310 g/mol. The maximum Gasteiger partial charge on any atom is 0.272 e.